The lowest BCUT2D eigenvalue weighted by molar-refractivity contribution is -0.202. The van der Waals surface area contributed by atoms with Crippen molar-refractivity contribution in [3.05, 3.63) is 0 Å². The molecule has 0 radical (unpaired) electrons. The van der Waals surface area contributed by atoms with Crippen LogP contribution in [0, 0.1) is 5.92 Å². The van der Waals surface area contributed by atoms with Gasteiger partial charge in [0.15, 0.2) is 0 Å². The number of hydroxylamine groups is 2. The first-order valence-corrected chi connectivity index (χ1v) is 5.68. The van der Waals surface area contributed by atoms with E-state index in [4.69, 9.17) is 14.7 Å². The Morgan fingerprint density at radius 1 is 1.35 bits per heavy atom. The van der Waals surface area contributed by atoms with Crippen LogP contribution in [0.4, 0.5) is 0 Å². The molecule has 2 aliphatic heterocycles. The summed E-state index contributed by atoms with van der Waals surface area (Å²) in [7, 11) is 1.71. The predicted molar refractivity (Wildman–Crippen MR) is 55.8 cm³/mol. The number of fused-ring (bicyclic) bond motifs is 1. The number of aliphatic hydroxyl groups excluding tert-OH is 4. The molecule has 6 atom stereocenters. The normalized spacial score (nSPS) is 42.2. The molecule has 2 rings (SSSR count). The maximum Gasteiger partial charge on any atom is 0.113 e. The first-order valence-electron chi connectivity index (χ1n) is 5.68. The third kappa shape index (κ3) is 2.32. The number of hydrogen-bond acceptors (Lipinski definition) is 7. The summed E-state index contributed by atoms with van der Waals surface area (Å²) in [5.74, 6) is 0.0599. The molecule has 0 amide bonds. The molecule has 7 nitrogen and oxygen atoms in total. The Morgan fingerprint density at radius 2 is 2.06 bits per heavy atom. The lowest BCUT2D eigenvalue weighted by Crippen LogP contribution is -2.59. The Morgan fingerprint density at radius 3 is 2.71 bits per heavy atom. The Hall–Kier alpha value is -0.280. The van der Waals surface area contributed by atoms with Gasteiger partial charge in [-0.15, -0.1) is 0 Å². The van der Waals surface area contributed by atoms with Crippen LogP contribution in [0.1, 0.15) is 0 Å². The molecule has 4 N–H and O–H groups in total. The summed E-state index contributed by atoms with van der Waals surface area (Å²) in [6.45, 7) is 0.254. The molecular weight excluding hydrogens is 230 g/mol. The van der Waals surface area contributed by atoms with Gasteiger partial charge in [-0.3, -0.25) is 4.84 Å². The molecule has 0 aliphatic carbocycles. The van der Waals surface area contributed by atoms with Gasteiger partial charge < -0.3 is 25.2 Å². The van der Waals surface area contributed by atoms with Crippen molar-refractivity contribution in [1.82, 2.24) is 5.06 Å². The molecule has 0 aromatic carbocycles. The highest BCUT2D eigenvalue weighted by Gasteiger charge is 2.49. The second kappa shape index (κ2) is 5.15. The van der Waals surface area contributed by atoms with Crippen LogP contribution in [0.2, 0.25) is 0 Å². The van der Waals surface area contributed by atoms with E-state index in [9.17, 15) is 15.3 Å². The van der Waals surface area contributed by atoms with Crippen LogP contribution in [0.3, 0.4) is 0 Å². The average molecular weight is 249 g/mol. The van der Waals surface area contributed by atoms with Crippen LogP contribution in [0.5, 0.6) is 0 Å². The van der Waals surface area contributed by atoms with Gasteiger partial charge in [0.25, 0.3) is 0 Å². The Labute approximate surface area is 99.1 Å². The van der Waals surface area contributed by atoms with Crippen LogP contribution in [-0.4, -0.2) is 82.8 Å². The molecule has 0 saturated carbocycles. The summed E-state index contributed by atoms with van der Waals surface area (Å²) in [6, 6.07) is -0.255. The summed E-state index contributed by atoms with van der Waals surface area (Å²) in [4.78, 5) is 5.28. The van der Waals surface area contributed by atoms with Crippen LogP contribution >= 0.6 is 0 Å². The molecule has 0 aromatic rings. The minimum atomic E-state index is -1.32. The fraction of sp³-hybridized carbons (Fsp3) is 1.00. The largest absolute Gasteiger partial charge is 0.394 e. The first kappa shape index (κ1) is 13.2. The molecule has 0 bridgehead atoms. The Balaban J connectivity index is 2.05. The van der Waals surface area contributed by atoms with Crippen molar-refractivity contribution in [3.63, 3.8) is 0 Å². The number of rotatable bonds is 3. The second-order valence-electron chi connectivity index (χ2n) is 4.62. The SMILES string of the molecule is CN1OC[C@H]2CO[C@H]([C@H](O)[C@H](O)CO)[C@@H](O)[C@@H]21. The van der Waals surface area contributed by atoms with E-state index in [1.54, 1.807) is 12.1 Å². The van der Waals surface area contributed by atoms with Crippen molar-refractivity contribution < 1.29 is 30.0 Å². The molecule has 2 saturated heterocycles. The zero-order chi connectivity index (χ0) is 12.6. The maximum absolute atomic E-state index is 10.1. The maximum atomic E-state index is 10.1. The molecule has 100 valence electrons. The molecule has 0 unspecified atom stereocenters. The third-order valence-electron chi connectivity index (χ3n) is 3.50. The summed E-state index contributed by atoms with van der Waals surface area (Å²) in [5, 5.41) is 39.6. The predicted octanol–water partition coefficient (Wildman–Crippen LogP) is -2.68. The van der Waals surface area contributed by atoms with E-state index in [-0.39, 0.29) is 12.0 Å². The Bertz CT molecular complexity index is 265. The van der Waals surface area contributed by atoms with Crippen molar-refractivity contribution in [3.8, 4) is 0 Å². The minimum absolute atomic E-state index is 0.0599. The number of aliphatic hydroxyl groups is 4. The van der Waals surface area contributed by atoms with E-state index < -0.39 is 31.0 Å². The monoisotopic (exact) mass is 249 g/mol. The molecule has 2 heterocycles. The van der Waals surface area contributed by atoms with Gasteiger partial charge >= 0.3 is 0 Å². The number of hydrogen-bond donors (Lipinski definition) is 4. The minimum Gasteiger partial charge on any atom is -0.394 e. The lowest BCUT2D eigenvalue weighted by Gasteiger charge is -2.40. The smallest absolute Gasteiger partial charge is 0.113 e. The van der Waals surface area contributed by atoms with Crippen molar-refractivity contribution in [2.24, 2.45) is 5.92 Å². The van der Waals surface area contributed by atoms with E-state index in [2.05, 4.69) is 0 Å². The van der Waals surface area contributed by atoms with Crippen molar-refractivity contribution in [1.29, 1.82) is 0 Å². The molecule has 0 spiro atoms. The van der Waals surface area contributed by atoms with Crippen molar-refractivity contribution >= 4 is 0 Å². The van der Waals surface area contributed by atoms with Crippen LogP contribution in [0.15, 0.2) is 0 Å². The third-order valence-corrected chi connectivity index (χ3v) is 3.50. The van der Waals surface area contributed by atoms with E-state index in [1.165, 1.54) is 0 Å². The van der Waals surface area contributed by atoms with Gasteiger partial charge in [0.2, 0.25) is 0 Å². The highest BCUT2D eigenvalue weighted by atomic mass is 16.7. The molecule has 2 aliphatic rings. The first-order chi connectivity index (χ1) is 8.06. The molecule has 17 heavy (non-hydrogen) atoms. The van der Waals surface area contributed by atoms with E-state index >= 15 is 0 Å². The molecule has 0 aromatic heterocycles. The second-order valence-corrected chi connectivity index (χ2v) is 4.62. The van der Waals surface area contributed by atoms with Crippen LogP contribution in [0.25, 0.3) is 0 Å². The van der Waals surface area contributed by atoms with Gasteiger partial charge in [-0.2, -0.15) is 5.06 Å². The highest BCUT2D eigenvalue weighted by Crippen LogP contribution is 2.31. The zero-order valence-electron chi connectivity index (χ0n) is 9.64. The summed E-state index contributed by atoms with van der Waals surface area (Å²) in [5.41, 5.74) is 0. The van der Waals surface area contributed by atoms with Gasteiger partial charge in [0, 0.05) is 13.0 Å². The van der Waals surface area contributed by atoms with Crippen molar-refractivity contribution in [2.75, 3.05) is 26.9 Å². The highest BCUT2D eigenvalue weighted by molar-refractivity contribution is 4.97. The van der Waals surface area contributed by atoms with Gasteiger partial charge in [-0.05, 0) is 0 Å². The number of likely N-dealkylation sites (N-methyl/N-ethyl adjacent to an activating group) is 1. The van der Waals surface area contributed by atoms with Crippen LogP contribution in [-0.2, 0) is 9.57 Å². The fourth-order valence-electron chi connectivity index (χ4n) is 2.49. The quantitative estimate of drug-likeness (QED) is 0.432. The van der Waals surface area contributed by atoms with Gasteiger partial charge in [-0.25, -0.2) is 0 Å². The molecule has 7 heteroatoms. The standard InChI is InChI=1S/C10H19NO6/c1-11-7-5(4-17-11)3-16-10(9(7)15)8(14)6(13)2-12/h5-10,12-15H,2-4H2,1H3/t5-,6-,7-,8-,9+,10-/m1/s1. The summed E-state index contributed by atoms with van der Waals surface area (Å²) in [6.07, 6.45) is -4.51. The van der Waals surface area contributed by atoms with E-state index in [0.717, 1.165) is 0 Å². The van der Waals surface area contributed by atoms with E-state index in [1.807, 2.05) is 0 Å². The average Bonchev–Trinajstić information content (AvgIpc) is 2.70. The lowest BCUT2D eigenvalue weighted by atomic mass is 9.87. The van der Waals surface area contributed by atoms with Gasteiger partial charge in [0.05, 0.1) is 25.9 Å². The van der Waals surface area contributed by atoms with Crippen LogP contribution < -0.4 is 0 Å². The summed E-state index contributed by atoms with van der Waals surface area (Å²) >= 11 is 0. The van der Waals surface area contributed by atoms with Gasteiger partial charge in [-0.1, -0.05) is 0 Å². The molecule has 2 fully saturated rings. The topological polar surface area (TPSA) is 103 Å². The molecular formula is C10H19NO6. The number of ether oxygens (including phenoxy) is 1. The van der Waals surface area contributed by atoms with E-state index in [0.29, 0.717) is 13.2 Å². The fourth-order valence-corrected chi connectivity index (χ4v) is 2.49. The van der Waals surface area contributed by atoms with Crippen molar-refractivity contribution in [2.45, 2.75) is 30.5 Å². The summed E-state index contributed by atoms with van der Waals surface area (Å²) < 4.78 is 5.36. The number of nitrogens with zero attached hydrogens (tertiary/aromatic N) is 1. The Kier molecular flexibility index (Phi) is 3.99. The van der Waals surface area contributed by atoms with Gasteiger partial charge in [0.1, 0.15) is 24.4 Å². The zero-order valence-corrected chi connectivity index (χ0v) is 9.64.